The minimum atomic E-state index is -0.804. The summed E-state index contributed by atoms with van der Waals surface area (Å²) in [4.78, 5) is 27.7. The Balaban J connectivity index is 1.61. The van der Waals surface area contributed by atoms with Gasteiger partial charge in [-0.15, -0.1) is 0 Å². The number of aromatic nitrogens is 2. The van der Waals surface area contributed by atoms with Crippen LogP contribution in [0.4, 0.5) is 0 Å². The third-order valence-corrected chi connectivity index (χ3v) is 4.57. The van der Waals surface area contributed by atoms with Crippen LogP contribution in [-0.4, -0.2) is 68.3 Å². The molecule has 7 nitrogen and oxygen atoms in total. The van der Waals surface area contributed by atoms with Crippen LogP contribution >= 0.6 is 0 Å². The number of nitrogens with zero attached hydrogens (tertiary/aromatic N) is 4. The van der Waals surface area contributed by atoms with Crippen LogP contribution in [0.25, 0.3) is 0 Å². The molecule has 1 aliphatic carbocycles. The Morgan fingerprint density at radius 1 is 1.27 bits per heavy atom. The first-order valence-electron chi connectivity index (χ1n) is 7.80. The van der Waals surface area contributed by atoms with E-state index >= 15 is 0 Å². The Hall–Kier alpha value is -1.89. The number of hydrogen-bond acceptors (Lipinski definition) is 4. The molecule has 1 aromatic rings. The number of rotatable bonds is 6. The molecule has 1 saturated carbocycles. The maximum atomic E-state index is 12.7. The molecule has 2 fully saturated rings. The van der Waals surface area contributed by atoms with Crippen molar-refractivity contribution < 1.29 is 14.7 Å². The highest BCUT2D eigenvalue weighted by atomic mass is 16.4. The molecule has 0 spiro atoms. The van der Waals surface area contributed by atoms with Crippen LogP contribution in [0, 0.1) is 0 Å². The lowest BCUT2D eigenvalue weighted by atomic mass is 10.2. The monoisotopic (exact) mass is 306 g/mol. The first-order valence-corrected chi connectivity index (χ1v) is 7.80. The van der Waals surface area contributed by atoms with E-state index in [-0.39, 0.29) is 18.0 Å². The Bertz CT molecular complexity index is 541. The maximum absolute atomic E-state index is 12.7. The summed E-state index contributed by atoms with van der Waals surface area (Å²) in [5.74, 6) is -0.774. The van der Waals surface area contributed by atoms with Crippen LogP contribution in [0.1, 0.15) is 25.7 Å². The second-order valence-corrected chi connectivity index (χ2v) is 6.15. The second-order valence-electron chi connectivity index (χ2n) is 6.15. The van der Waals surface area contributed by atoms with E-state index in [9.17, 15) is 14.7 Å². The van der Waals surface area contributed by atoms with Gasteiger partial charge in [-0.3, -0.25) is 19.2 Å². The summed E-state index contributed by atoms with van der Waals surface area (Å²) in [6, 6.07) is 1.35. The van der Waals surface area contributed by atoms with Crippen molar-refractivity contribution in [1.29, 1.82) is 0 Å². The molecule has 0 bridgehead atoms. The van der Waals surface area contributed by atoms with Crippen molar-refractivity contribution in [2.45, 2.75) is 50.4 Å². The number of aliphatic carboxylic acids is 1. The number of carbonyl (C=O) groups is 2. The van der Waals surface area contributed by atoms with Crippen molar-refractivity contribution in [3.63, 3.8) is 0 Å². The number of carbonyl (C=O) groups excluding carboxylic acids is 1. The third kappa shape index (κ3) is 2.99. The summed E-state index contributed by atoms with van der Waals surface area (Å²) < 4.78 is 1.79. The number of carboxylic acids is 1. The molecule has 120 valence electrons. The lowest BCUT2D eigenvalue weighted by Crippen LogP contribution is -2.50. The molecule has 1 N–H and O–H groups in total. The highest BCUT2D eigenvalue weighted by Gasteiger charge is 2.48. The Morgan fingerprint density at radius 2 is 2.00 bits per heavy atom. The Labute approximate surface area is 129 Å². The molecule has 1 saturated heterocycles. The summed E-state index contributed by atoms with van der Waals surface area (Å²) in [5.41, 5.74) is 0. The zero-order chi connectivity index (χ0) is 15.7. The molecule has 2 unspecified atom stereocenters. The van der Waals surface area contributed by atoms with Gasteiger partial charge in [0.1, 0.15) is 6.04 Å². The molecular formula is C15H22N4O3. The van der Waals surface area contributed by atoms with Crippen molar-refractivity contribution in [3.8, 4) is 0 Å². The molecule has 2 aliphatic rings. The topological polar surface area (TPSA) is 78.7 Å². The third-order valence-electron chi connectivity index (χ3n) is 4.57. The Morgan fingerprint density at radius 3 is 2.59 bits per heavy atom. The van der Waals surface area contributed by atoms with E-state index in [0.29, 0.717) is 25.9 Å². The predicted molar refractivity (Wildman–Crippen MR) is 79.2 cm³/mol. The molecule has 1 aromatic heterocycles. The van der Waals surface area contributed by atoms with E-state index < -0.39 is 12.0 Å². The van der Waals surface area contributed by atoms with Crippen molar-refractivity contribution in [1.82, 2.24) is 19.6 Å². The fourth-order valence-corrected chi connectivity index (χ4v) is 3.26. The first-order chi connectivity index (χ1) is 10.6. The van der Waals surface area contributed by atoms with Crippen LogP contribution in [0.5, 0.6) is 0 Å². The van der Waals surface area contributed by atoms with Gasteiger partial charge in [-0.25, -0.2) is 0 Å². The molecule has 1 amide bonds. The van der Waals surface area contributed by atoms with E-state index in [4.69, 9.17) is 0 Å². The molecule has 7 heteroatoms. The zero-order valence-corrected chi connectivity index (χ0v) is 12.8. The normalized spacial score (nSPS) is 25.3. The average molecular weight is 306 g/mol. The lowest BCUT2D eigenvalue weighted by Gasteiger charge is -2.30. The predicted octanol–water partition coefficient (Wildman–Crippen LogP) is 0.422. The molecule has 22 heavy (non-hydrogen) atoms. The minimum Gasteiger partial charge on any atom is -0.480 e. The van der Waals surface area contributed by atoms with Gasteiger partial charge in [-0.2, -0.15) is 5.10 Å². The number of amides is 1. The summed E-state index contributed by atoms with van der Waals surface area (Å²) in [7, 11) is 1.78. The summed E-state index contributed by atoms with van der Waals surface area (Å²) in [5, 5.41) is 13.5. The zero-order valence-electron chi connectivity index (χ0n) is 12.8. The number of likely N-dealkylation sites (tertiary alicyclic amines) is 1. The smallest absolute Gasteiger partial charge is 0.320 e. The van der Waals surface area contributed by atoms with Crippen molar-refractivity contribution in [2.24, 2.45) is 0 Å². The highest BCUT2D eigenvalue weighted by Crippen LogP contribution is 2.37. The van der Waals surface area contributed by atoms with Gasteiger partial charge in [-0.1, -0.05) is 0 Å². The summed E-state index contributed by atoms with van der Waals surface area (Å²) in [6.45, 7) is 1.22. The maximum Gasteiger partial charge on any atom is 0.320 e. The van der Waals surface area contributed by atoms with E-state index in [0.717, 1.165) is 12.8 Å². The van der Waals surface area contributed by atoms with Gasteiger partial charge in [0.2, 0.25) is 5.91 Å². The first kappa shape index (κ1) is 15.0. The largest absolute Gasteiger partial charge is 0.480 e. The van der Waals surface area contributed by atoms with Gasteiger partial charge in [0.05, 0.1) is 12.6 Å². The fraction of sp³-hybridized carbons (Fsp3) is 0.667. The van der Waals surface area contributed by atoms with Crippen molar-refractivity contribution >= 4 is 11.9 Å². The molecular weight excluding hydrogens is 284 g/mol. The number of carboxylic acid groups (broad SMARTS) is 1. The molecule has 0 aromatic carbocycles. The van der Waals surface area contributed by atoms with Crippen LogP contribution in [0.3, 0.4) is 0 Å². The summed E-state index contributed by atoms with van der Waals surface area (Å²) >= 11 is 0. The molecule has 1 aliphatic heterocycles. The number of hydrogen-bond donors (Lipinski definition) is 1. The molecule has 2 heterocycles. The van der Waals surface area contributed by atoms with E-state index in [1.807, 2.05) is 17.2 Å². The fourth-order valence-electron chi connectivity index (χ4n) is 3.26. The van der Waals surface area contributed by atoms with Crippen LogP contribution < -0.4 is 0 Å². The molecule has 0 radical (unpaired) electrons. The minimum absolute atomic E-state index is 0.0304. The Kier molecular flexibility index (Phi) is 4.15. The SMILES string of the molecule is CN(CCn1cccn1)C(=O)C1CCC(C(=O)O)N1C1CC1. The highest BCUT2D eigenvalue weighted by molar-refractivity contribution is 5.84. The van der Waals surface area contributed by atoms with Gasteiger partial charge >= 0.3 is 5.97 Å². The van der Waals surface area contributed by atoms with Gasteiger partial charge < -0.3 is 10.0 Å². The average Bonchev–Trinajstić information content (AvgIpc) is 3.04. The lowest BCUT2D eigenvalue weighted by molar-refractivity contribution is -0.144. The second kappa shape index (κ2) is 6.08. The van der Waals surface area contributed by atoms with Crippen LogP contribution in [0.15, 0.2) is 18.5 Å². The van der Waals surface area contributed by atoms with Crippen molar-refractivity contribution in [2.75, 3.05) is 13.6 Å². The van der Waals surface area contributed by atoms with Crippen LogP contribution in [-0.2, 0) is 16.1 Å². The standard InChI is InChI=1S/C15H22N4O3/c1-17(9-10-18-8-2-7-16-18)14(20)12-5-6-13(15(21)22)19(12)11-3-4-11/h2,7-8,11-13H,3-6,9-10H2,1H3,(H,21,22). The van der Waals surface area contributed by atoms with Gasteiger partial charge in [0.25, 0.3) is 0 Å². The molecule has 2 atom stereocenters. The van der Waals surface area contributed by atoms with Gasteiger partial charge in [0, 0.05) is 32.0 Å². The molecule has 3 rings (SSSR count). The van der Waals surface area contributed by atoms with Gasteiger partial charge in [0.15, 0.2) is 0 Å². The van der Waals surface area contributed by atoms with Gasteiger partial charge in [-0.05, 0) is 31.7 Å². The van der Waals surface area contributed by atoms with E-state index in [2.05, 4.69) is 5.10 Å². The summed E-state index contributed by atoms with van der Waals surface area (Å²) in [6.07, 6.45) is 6.79. The van der Waals surface area contributed by atoms with E-state index in [1.54, 1.807) is 22.8 Å². The number of likely N-dealkylation sites (N-methyl/N-ethyl adjacent to an activating group) is 1. The quantitative estimate of drug-likeness (QED) is 0.824. The van der Waals surface area contributed by atoms with Crippen LogP contribution in [0.2, 0.25) is 0 Å². The van der Waals surface area contributed by atoms with E-state index in [1.165, 1.54) is 0 Å². The van der Waals surface area contributed by atoms with Crippen molar-refractivity contribution in [3.05, 3.63) is 18.5 Å².